The molecular weight excluding hydrogens is 246 g/mol. The molecule has 1 heterocycles. The fourth-order valence-corrected chi connectivity index (χ4v) is 3.24. The predicted molar refractivity (Wildman–Crippen MR) is 76.4 cm³/mol. The van der Waals surface area contributed by atoms with Crippen LogP contribution in [0, 0.1) is 12.8 Å². The Morgan fingerprint density at radius 3 is 3.00 bits per heavy atom. The number of aryl methyl sites for hydroxylation is 1. The van der Waals surface area contributed by atoms with Crippen LogP contribution < -0.4 is 10.1 Å². The van der Waals surface area contributed by atoms with Gasteiger partial charge in [-0.25, -0.2) is 0 Å². The molecule has 1 aliphatic heterocycles. The molecule has 0 spiro atoms. The maximum atomic E-state index is 12.2. The van der Waals surface area contributed by atoms with E-state index in [1.807, 2.05) is 36.9 Å². The average molecular weight is 265 g/mol. The number of anilines is 1. The van der Waals surface area contributed by atoms with Gasteiger partial charge >= 0.3 is 0 Å². The lowest BCUT2D eigenvalue weighted by Gasteiger charge is -2.21. The molecule has 1 saturated heterocycles. The maximum absolute atomic E-state index is 12.2. The molecular formula is C14H19NO2S. The fourth-order valence-electron chi connectivity index (χ4n) is 2.10. The van der Waals surface area contributed by atoms with Crippen molar-refractivity contribution in [1.29, 1.82) is 0 Å². The topological polar surface area (TPSA) is 38.3 Å². The van der Waals surface area contributed by atoms with E-state index in [4.69, 9.17) is 4.74 Å². The first-order valence-corrected chi connectivity index (χ1v) is 7.39. The second kappa shape index (κ2) is 6.14. The normalized spacial score (nSPS) is 19.3. The largest absolute Gasteiger partial charge is 0.495 e. The molecule has 0 bridgehead atoms. The van der Waals surface area contributed by atoms with Gasteiger partial charge in [0.2, 0.25) is 5.91 Å². The summed E-state index contributed by atoms with van der Waals surface area (Å²) >= 11 is 1.86. The minimum Gasteiger partial charge on any atom is -0.495 e. The Bertz CT molecular complexity index is 428. The van der Waals surface area contributed by atoms with Crippen molar-refractivity contribution in [2.45, 2.75) is 19.8 Å². The van der Waals surface area contributed by atoms with Crippen LogP contribution in [0.2, 0.25) is 0 Å². The van der Waals surface area contributed by atoms with Crippen LogP contribution in [0.4, 0.5) is 5.69 Å². The van der Waals surface area contributed by atoms with E-state index in [1.165, 1.54) is 5.75 Å². The number of carbonyl (C=O) groups excluding carboxylic acids is 1. The van der Waals surface area contributed by atoms with E-state index < -0.39 is 0 Å². The standard InChI is InChI=1S/C14H19NO2S/c1-10-5-6-13(17-2)12(8-10)15-14(16)11-4-3-7-18-9-11/h5-6,8,11H,3-4,7,9H2,1-2H3,(H,15,16). The Balaban J connectivity index is 2.07. The molecule has 3 nitrogen and oxygen atoms in total. The fraction of sp³-hybridized carbons (Fsp3) is 0.500. The minimum absolute atomic E-state index is 0.117. The molecule has 1 unspecified atom stereocenters. The molecule has 1 atom stereocenters. The molecule has 4 heteroatoms. The van der Waals surface area contributed by atoms with Crippen LogP contribution in [-0.4, -0.2) is 24.5 Å². The zero-order valence-corrected chi connectivity index (χ0v) is 11.7. The highest BCUT2D eigenvalue weighted by Crippen LogP contribution is 2.28. The van der Waals surface area contributed by atoms with Crippen LogP contribution in [0.5, 0.6) is 5.75 Å². The van der Waals surface area contributed by atoms with Gasteiger partial charge in [0.15, 0.2) is 0 Å². The van der Waals surface area contributed by atoms with Gasteiger partial charge in [-0.1, -0.05) is 6.07 Å². The summed E-state index contributed by atoms with van der Waals surface area (Å²) in [4.78, 5) is 12.2. The summed E-state index contributed by atoms with van der Waals surface area (Å²) in [6.45, 7) is 2.01. The lowest BCUT2D eigenvalue weighted by atomic mass is 10.0. The number of benzene rings is 1. The zero-order chi connectivity index (χ0) is 13.0. The van der Waals surface area contributed by atoms with E-state index in [1.54, 1.807) is 7.11 Å². The summed E-state index contributed by atoms with van der Waals surface area (Å²) in [6.07, 6.45) is 2.13. The Labute approximate surface area is 112 Å². The highest BCUT2D eigenvalue weighted by Gasteiger charge is 2.22. The summed E-state index contributed by atoms with van der Waals surface area (Å²) in [7, 11) is 1.62. The monoisotopic (exact) mass is 265 g/mol. The molecule has 1 amide bonds. The summed E-state index contributed by atoms with van der Waals surface area (Å²) in [5.74, 6) is 3.08. The number of amides is 1. The van der Waals surface area contributed by atoms with Crippen molar-refractivity contribution >= 4 is 23.4 Å². The van der Waals surface area contributed by atoms with Gasteiger partial charge in [0.1, 0.15) is 5.75 Å². The molecule has 0 radical (unpaired) electrons. The summed E-state index contributed by atoms with van der Waals surface area (Å²) in [5.41, 5.74) is 1.89. The molecule has 2 rings (SSSR count). The van der Waals surface area contributed by atoms with E-state index in [2.05, 4.69) is 5.32 Å². The van der Waals surface area contributed by atoms with Gasteiger partial charge in [0.05, 0.1) is 12.8 Å². The number of carbonyl (C=O) groups is 1. The van der Waals surface area contributed by atoms with Gasteiger partial charge in [-0.3, -0.25) is 4.79 Å². The van der Waals surface area contributed by atoms with E-state index in [9.17, 15) is 4.79 Å². The number of ether oxygens (including phenoxy) is 1. The first kappa shape index (κ1) is 13.3. The van der Waals surface area contributed by atoms with Crippen LogP contribution in [0.25, 0.3) is 0 Å². The molecule has 0 aliphatic carbocycles. The summed E-state index contributed by atoms with van der Waals surface area (Å²) < 4.78 is 5.27. The smallest absolute Gasteiger partial charge is 0.228 e. The number of hydrogen-bond acceptors (Lipinski definition) is 3. The van der Waals surface area contributed by atoms with Crippen molar-refractivity contribution in [1.82, 2.24) is 0 Å². The highest BCUT2D eigenvalue weighted by atomic mass is 32.2. The van der Waals surface area contributed by atoms with E-state index in [0.717, 1.165) is 35.6 Å². The van der Waals surface area contributed by atoms with Crippen molar-refractivity contribution < 1.29 is 9.53 Å². The van der Waals surface area contributed by atoms with Crippen LogP contribution in [0.1, 0.15) is 18.4 Å². The summed E-state index contributed by atoms with van der Waals surface area (Å²) in [5, 5.41) is 2.99. The van der Waals surface area contributed by atoms with Gasteiger partial charge in [-0.2, -0.15) is 11.8 Å². The zero-order valence-electron chi connectivity index (χ0n) is 10.9. The highest BCUT2D eigenvalue weighted by molar-refractivity contribution is 7.99. The van der Waals surface area contributed by atoms with E-state index in [-0.39, 0.29) is 11.8 Å². The third-order valence-electron chi connectivity index (χ3n) is 3.14. The molecule has 1 aromatic rings. The number of rotatable bonds is 3. The average Bonchev–Trinajstić information content (AvgIpc) is 2.40. The molecule has 98 valence electrons. The number of nitrogens with one attached hydrogen (secondary N) is 1. The van der Waals surface area contributed by atoms with Crippen molar-refractivity contribution in [3.05, 3.63) is 23.8 Å². The maximum Gasteiger partial charge on any atom is 0.228 e. The molecule has 1 aliphatic rings. The lowest BCUT2D eigenvalue weighted by Crippen LogP contribution is -2.27. The first-order valence-electron chi connectivity index (χ1n) is 6.24. The molecule has 0 saturated carbocycles. The van der Waals surface area contributed by atoms with Crippen molar-refractivity contribution in [2.75, 3.05) is 23.9 Å². The van der Waals surface area contributed by atoms with Crippen molar-refractivity contribution in [3.8, 4) is 5.75 Å². The SMILES string of the molecule is COc1ccc(C)cc1NC(=O)C1CCCSC1. The van der Waals surface area contributed by atoms with Gasteiger partial charge in [-0.05, 0) is 43.2 Å². The molecule has 1 fully saturated rings. The Kier molecular flexibility index (Phi) is 4.53. The van der Waals surface area contributed by atoms with Crippen molar-refractivity contribution in [3.63, 3.8) is 0 Å². The van der Waals surface area contributed by atoms with Crippen molar-refractivity contribution in [2.24, 2.45) is 5.92 Å². The molecule has 18 heavy (non-hydrogen) atoms. The second-order valence-electron chi connectivity index (χ2n) is 4.61. The van der Waals surface area contributed by atoms with Gasteiger partial charge in [0, 0.05) is 11.7 Å². The Hall–Kier alpha value is -1.16. The molecule has 0 aromatic heterocycles. The first-order chi connectivity index (χ1) is 8.70. The van der Waals surface area contributed by atoms with Crippen LogP contribution >= 0.6 is 11.8 Å². The predicted octanol–water partition coefficient (Wildman–Crippen LogP) is 3.09. The summed E-state index contributed by atoms with van der Waals surface area (Å²) in [6, 6.07) is 5.82. The van der Waals surface area contributed by atoms with Gasteiger partial charge < -0.3 is 10.1 Å². The van der Waals surface area contributed by atoms with Crippen LogP contribution in [-0.2, 0) is 4.79 Å². The number of methoxy groups -OCH3 is 1. The Morgan fingerprint density at radius 2 is 2.33 bits per heavy atom. The van der Waals surface area contributed by atoms with E-state index in [0.29, 0.717) is 0 Å². The second-order valence-corrected chi connectivity index (χ2v) is 5.76. The third kappa shape index (κ3) is 3.19. The minimum atomic E-state index is 0.117. The molecule has 1 N–H and O–H groups in total. The van der Waals surface area contributed by atoms with E-state index >= 15 is 0 Å². The van der Waals surface area contributed by atoms with Crippen LogP contribution in [0.15, 0.2) is 18.2 Å². The lowest BCUT2D eigenvalue weighted by molar-refractivity contribution is -0.119. The number of hydrogen-bond donors (Lipinski definition) is 1. The number of thioether (sulfide) groups is 1. The molecule has 1 aromatic carbocycles. The van der Waals surface area contributed by atoms with Crippen LogP contribution in [0.3, 0.4) is 0 Å². The Morgan fingerprint density at radius 1 is 1.50 bits per heavy atom. The quantitative estimate of drug-likeness (QED) is 0.912. The van der Waals surface area contributed by atoms with Gasteiger partial charge in [0.25, 0.3) is 0 Å². The third-order valence-corrected chi connectivity index (χ3v) is 4.36. The van der Waals surface area contributed by atoms with Gasteiger partial charge in [-0.15, -0.1) is 0 Å².